The smallest absolute Gasteiger partial charge is 0.271 e. The zero-order valence-electron chi connectivity index (χ0n) is 14.1. The summed E-state index contributed by atoms with van der Waals surface area (Å²) in [4.78, 5) is 23.9. The van der Waals surface area contributed by atoms with Crippen LogP contribution in [0.3, 0.4) is 0 Å². The van der Waals surface area contributed by atoms with Gasteiger partial charge in [0.05, 0.1) is 6.42 Å². The fraction of sp³-hybridized carbons (Fsp3) is 0.211. The fourth-order valence-electron chi connectivity index (χ4n) is 2.32. The van der Waals surface area contributed by atoms with E-state index < -0.39 is 0 Å². The Hall–Kier alpha value is -2.95. The summed E-state index contributed by atoms with van der Waals surface area (Å²) < 4.78 is 0. The van der Waals surface area contributed by atoms with Gasteiger partial charge in [-0.1, -0.05) is 24.3 Å². The van der Waals surface area contributed by atoms with Crippen molar-refractivity contribution in [3.63, 3.8) is 0 Å². The molecule has 2 amide bonds. The van der Waals surface area contributed by atoms with Gasteiger partial charge in [-0.2, -0.15) is 5.10 Å². The number of nitrogens with one attached hydrogen (secondary N) is 2. The van der Waals surface area contributed by atoms with E-state index >= 15 is 0 Å². The van der Waals surface area contributed by atoms with E-state index in [-0.39, 0.29) is 18.2 Å². The summed E-state index contributed by atoms with van der Waals surface area (Å²) in [5.41, 5.74) is 6.45. The fourth-order valence-corrected chi connectivity index (χ4v) is 2.32. The molecule has 24 heavy (non-hydrogen) atoms. The molecule has 124 valence electrons. The highest BCUT2D eigenvalue weighted by Crippen LogP contribution is 2.14. The van der Waals surface area contributed by atoms with Crippen LogP contribution in [0.25, 0.3) is 0 Å². The number of hydrogen-bond acceptors (Lipinski definition) is 3. The predicted molar refractivity (Wildman–Crippen MR) is 96.2 cm³/mol. The van der Waals surface area contributed by atoms with Crippen LogP contribution < -0.4 is 10.7 Å². The second kappa shape index (κ2) is 8.06. The minimum Gasteiger partial charge on any atom is -0.326 e. The van der Waals surface area contributed by atoms with Gasteiger partial charge in [0.25, 0.3) is 5.91 Å². The molecule has 0 aliphatic heterocycles. The van der Waals surface area contributed by atoms with Crippen LogP contribution in [-0.2, 0) is 4.79 Å². The number of aryl methyl sites for hydroxylation is 2. The molecule has 0 spiro atoms. The second-order valence-electron chi connectivity index (χ2n) is 5.76. The van der Waals surface area contributed by atoms with Crippen molar-refractivity contribution < 1.29 is 9.59 Å². The lowest BCUT2D eigenvalue weighted by molar-refractivity contribution is -0.115. The van der Waals surface area contributed by atoms with E-state index in [2.05, 4.69) is 15.8 Å². The van der Waals surface area contributed by atoms with Gasteiger partial charge in [0.2, 0.25) is 5.91 Å². The third kappa shape index (κ3) is 5.35. The predicted octanol–water partition coefficient (Wildman–Crippen LogP) is 3.44. The van der Waals surface area contributed by atoms with Gasteiger partial charge in [0, 0.05) is 17.0 Å². The van der Waals surface area contributed by atoms with Crippen molar-refractivity contribution in [2.24, 2.45) is 5.10 Å². The molecule has 0 unspecified atom stereocenters. The average molecular weight is 323 g/mol. The molecular weight excluding hydrogens is 302 g/mol. The summed E-state index contributed by atoms with van der Waals surface area (Å²) in [6.07, 6.45) is 0.113. The SMILES string of the molecule is C/C(CC(=O)Nc1cc(C)cc(C)c1)=N/NC(=O)c1ccccc1. The Balaban J connectivity index is 1.90. The molecule has 2 aromatic rings. The summed E-state index contributed by atoms with van der Waals surface area (Å²) >= 11 is 0. The minimum absolute atomic E-state index is 0.113. The van der Waals surface area contributed by atoms with Crippen molar-refractivity contribution in [1.82, 2.24) is 5.43 Å². The van der Waals surface area contributed by atoms with Crippen LogP contribution in [0, 0.1) is 13.8 Å². The van der Waals surface area contributed by atoms with E-state index in [4.69, 9.17) is 0 Å². The normalized spacial score (nSPS) is 11.0. The molecule has 0 saturated carbocycles. The van der Waals surface area contributed by atoms with Gasteiger partial charge in [-0.05, 0) is 56.2 Å². The Bertz CT molecular complexity index is 747. The van der Waals surface area contributed by atoms with Crippen molar-refractivity contribution in [3.8, 4) is 0 Å². The minimum atomic E-state index is -0.301. The quantitative estimate of drug-likeness (QED) is 0.653. The third-order valence-electron chi connectivity index (χ3n) is 3.31. The van der Waals surface area contributed by atoms with Crippen molar-refractivity contribution in [2.75, 3.05) is 5.32 Å². The van der Waals surface area contributed by atoms with Gasteiger partial charge in [0.1, 0.15) is 0 Å². The molecule has 2 aromatic carbocycles. The molecule has 0 radical (unpaired) electrons. The molecule has 5 nitrogen and oxygen atoms in total. The molecule has 5 heteroatoms. The maximum atomic E-state index is 12.1. The highest BCUT2D eigenvalue weighted by atomic mass is 16.2. The van der Waals surface area contributed by atoms with Crippen LogP contribution in [0.15, 0.2) is 53.6 Å². The molecule has 0 saturated heterocycles. The van der Waals surface area contributed by atoms with Crippen LogP contribution in [0.2, 0.25) is 0 Å². The number of carbonyl (C=O) groups excluding carboxylic acids is 2. The highest BCUT2D eigenvalue weighted by Gasteiger charge is 2.07. The van der Waals surface area contributed by atoms with Crippen molar-refractivity contribution in [2.45, 2.75) is 27.2 Å². The highest BCUT2D eigenvalue weighted by molar-refractivity contribution is 6.06. The maximum absolute atomic E-state index is 12.1. The van der Waals surface area contributed by atoms with E-state index in [0.717, 1.165) is 16.8 Å². The second-order valence-corrected chi connectivity index (χ2v) is 5.76. The lowest BCUT2D eigenvalue weighted by Gasteiger charge is -2.07. The van der Waals surface area contributed by atoms with Crippen LogP contribution in [0.1, 0.15) is 34.8 Å². The number of amides is 2. The Morgan fingerprint density at radius 2 is 1.62 bits per heavy atom. The first-order valence-corrected chi connectivity index (χ1v) is 7.71. The average Bonchev–Trinajstić information content (AvgIpc) is 2.52. The number of hydrazone groups is 1. The Labute approximate surface area is 141 Å². The summed E-state index contributed by atoms with van der Waals surface area (Å²) in [5, 5.41) is 6.81. The Kier molecular flexibility index (Phi) is 5.84. The molecule has 0 heterocycles. The van der Waals surface area contributed by atoms with E-state index in [1.807, 2.05) is 38.1 Å². The van der Waals surface area contributed by atoms with Gasteiger partial charge in [-0.3, -0.25) is 9.59 Å². The first kappa shape index (κ1) is 17.4. The first-order chi connectivity index (χ1) is 11.4. The number of nitrogens with zero attached hydrogens (tertiary/aromatic N) is 1. The van der Waals surface area contributed by atoms with E-state index in [1.165, 1.54) is 0 Å². The molecule has 0 aromatic heterocycles. The summed E-state index contributed by atoms with van der Waals surface area (Å²) in [6.45, 7) is 5.66. The molecule has 0 aliphatic rings. The summed E-state index contributed by atoms with van der Waals surface area (Å²) in [7, 11) is 0. The zero-order valence-corrected chi connectivity index (χ0v) is 14.1. The lowest BCUT2D eigenvalue weighted by atomic mass is 10.1. The topological polar surface area (TPSA) is 70.6 Å². The number of hydrogen-bond donors (Lipinski definition) is 2. The van der Waals surface area contributed by atoms with Crippen LogP contribution >= 0.6 is 0 Å². The first-order valence-electron chi connectivity index (χ1n) is 7.71. The third-order valence-corrected chi connectivity index (χ3v) is 3.31. The number of anilines is 1. The van der Waals surface area contributed by atoms with Crippen molar-refractivity contribution in [1.29, 1.82) is 0 Å². The molecule has 0 atom stereocenters. The standard InChI is InChI=1S/C19H21N3O2/c1-13-9-14(2)11-17(10-13)20-18(23)12-15(3)21-22-19(24)16-7-5-4-6-8-16/h4-11H,12H2,1-3H3,(H,20,23)(H,22,24)/b21-15-. The monoisotopic (exact) mass is 323 g/mol. The largest absolute Gasteiger partial charge is 0.326 e. The van der Waals surface area contributed by atoms with Gasteiger partial charge >= 0.3 is 0 Å². The summed E-state index contributed by atoms with van der Waals surface area (Å²) in [6, 6.07) is 14.7. The van der Waals surface area contributed by atoms with Crippen LogP contribution in [0.5, 0.6) is 0 Å². The van der Waals surface area contributed by atoms with Gasteiger partial charge in [-0.15, -0.1) is 0 Å². The number of benzene rings is 2. The molecule has 0 aliphatic carbocycles. The lowest BCUT2D eigenvalue weighted by Crippen LogP contribution is -2.21. The molecule has 2 N–H and O–H groups in total. The van der Waals surface area contributed by atoms with Crippen molar-refractivity contribution >= 4 is 23.2 Å². The van der Waals surface area contributed by atoms with E-state index in [0.29, 0.717) is 11.3 Å². The Morgan fingerprint density at radius 3 is 2.25 bits per heavy atom. The number of carbonyl (C=O) groups is 2. The molecule has 2 rings (SSSR count). The molecular formula is C19H21N3O2. The van der Waals surface area contributed by atoms with E-state index in [9.17, 15) is 9.59 Å². The zero-order chi connectivity index (χ0) is 17.5. The maximum Gasteiger partial charge on any atom is 0.271 e. The van der Waals surface area contributed by atoms with E-state index in [1.54, 1.807) is 31.2 Å². The number of rotatable bonds is 5. The van der Waals surface area contributed by atoms with Gasteiger partial charge in [0.15, 0.2) is 0 Å². The molecule has 0 bridgehead atoms. The molecule has 0 fully saturated rings. The van der Waals surface area contributed by atoms with Crippen LogP contribution in [0.4, 0.5) is 5.69 Å². The summed E-state index contributed by atoms with van der Waals surface area (Å²) in [5.74, 6) is -0.472. The van der Waals surface area contributed by atoms with Gasteiger partial charge < -0.3 is 5.32 Å². The Morgan fingerprint density at radius 1 is 1.00 bits per heavy atom. The van der Waals surface area contributed by atoms with Gasteiger partial charge in [-0.25, -0.2) is 5.43 Å². The van der Waals surface area contributed by atoms with Crippen molar-refractivity contribution in [3.05, 3.63) is 65.2 Å². The van der Waals surface area contributed by atoms with Crippen LogP contribution in [-0.4, -0.2) is 17.5 Å².